The molecule has 6 heteroatoms. The highest BCUT2D eigenvalue weighted by molar-refractivity contribution is 5.98. The van der Waals surface area contributed by atoms with Crippen molar-refractivity contribution >= 4 is 17.6 Å². The van der Waals surface area contributed by atoms with Crippen LogP contribution in [-0.2, 0) is 9.53 Å². The summed E-state index contributed by atoms with van der Waals surface area (Å²) >= 11 is 0. The maximum Gasteiger partial charge on any atom is 0.339 e. The van der Waals surface area contributed by atoms with Crippen molar-refractivity contribution in [2.45, 2.75) is 19.8 Å². The zero-order chi connectivity index (χ0) is 16.4. The van der Waals surface area contributed by atoms with Crippen LogP contribution in [-0.4, -0.2) is 25.5 Å². The lowest BCUT2D eigenvalue weighted by Crippen LogP contribution is -2.26. The fraction of sp³-hybridized carbons (Fsp3) is 0.312. The molecule has 0 aromatic heterocycles. The number of carbonyl (C=O) groups is 2. The minimum absolute atomic E-state index is 0.0595. The molecule has 0 aliphatic rings. The first-order chi connectivity index (χ1) is 10.6. The van der Waals surface area contributed by atoms with Gasteiger partial charge in [0.2, 0.25) is 0 Å². The number of rotatable bonds is 7. The summed E-state index contributed by atoms with van der Waals surface area (Å²) in [7, 11) is 1.29. The third kappa shape index (κ3) is 4.94. The standard InChI is InChI=1S/C16H19N3O3/c1-3-4-9-18-15(20)12(10-17)11-19-14-8-6-5-7-13(14)16(21)22-2/h5-8,11,19H,3-4,9H2,1-2H3,(H,18,20)/b12-11-. The van der Waals surface area contributed by atoms with Crippen molar-refractivity contribution in [1.82, 2.24) is 5.32 Å². The fourth-order valence-electron chi connectivity index (χ4n) is 1.67. The second kappa shape index (κ2) is 9.19. The number of esters is 1. The van der Waals surface area contributed by atoms with E-state index in [1.165, 1.54) is 13.3 Å². The number of nitrogens with one attached hydrogen (secondary N) is 2. The van der Waals surface area contributed by atoms with Gasteiger partial charge >= 0.3 is 5.97 Å². The van der Waals surface area contributed by atoms with Gasteiger partial charge in [0.05, 0.1) is 18.4 Å². The molecule has 0 bridgehead atoms. The number of carbonyl (C=O) groups excluding carboxylic acids is 2. The first-order valence-corrected chi connectivity index (χ1v) is 6.96. The molecule has 22 heavy (non-hydrogen) atoms. The normalized spacial score (nSPS) is 10.5. The maximum atomic E-state index is 11.8. The van der Waals surface area contributed by atoms with Crippen LogP contribution in [0.4, 0.5) is 5.69 Å². The van der Waals surface area contributed by atoms with Gasteiger partial charge in [0.1, 0.15) is 11.6 Å². The van der Waals surface area contributed by atoms with Gasteiger partial charge in [-0.1, -0.05) is 25.5 Å². The molecule has 0 atom stereocenters. The summed E-state index contributed by atoms with van der Waals surface area (Å²) in [5, 5.41) is 14.5. The molecule has 0 saturated heterocycles. The predicted molar refractivity (Wildman–Crippen MR) is 83.0 cm³/mol. The van der Waals surface area contributed by atoms with E-state index in [9.17, 15) is 9.59 Å². The number of amides is 1. The van der Waals surface area contributed by atoms with Crippen LogP contribution in [0.1, 0.15) is 30.1 Å². The fourth-order valence-corrected chi connectivity index (χ4v) is 1.67. The lowest BCUT2D eigenvalue weighted by Gasteiger charge is -2.08. The number of methoxy groups -OCH3 is 1. The minimum Gasteiger partial charge on any atom is -0.465 e. The van der Waals surface area contributed by atoms with Gasteiger partial charge in [0.15, 0.2) is 0 Å². The Balaban J connectivity index is 2.83. The molecule has 1 amide bonds. The van der Waals surface area contributed by atoms with Gasteiger partial charge in [0.25, 0.3) is 5.91 Å². The Kier molecular flexibility index (Phi) is 7.20. The molecule has 0 aliphatic heterocycles. The van der Waals surface area contributed by atoms with Crippen molar-refractivity contribution < 1.29 is 14.3 Å². The SMILES string of the molecule is CCCCNC(=O)/C(C#N)=C\Nc1ccccc1C(=O)OC. The maximum absolute atomic E-state index is 11.8. The van der Waals surface area contributed by atoms with Gasteiger partial charge in [-0.05, 0) is 18.6 Å². The summed E-state index contributed by atoms with van der Waals surface area (Å²) in [6.07, 6.45) is 3.09. The molecule has 0 spiro atoms. The van der Waals surface area contributed by atoms with Gasteiger partial charge in [-0.25, -0.2) is 4.79 Å². The molecule has 1 rings (SSSR count). The lowest BCUT2D eigenvalue weighted by atomic mass is 10.2. The number of hydrogen-bond donors (Lipinski definition) is 2. The average Bonchev–Trinajstić information content (AvgIpc) is 2.55. The first kappa shape index (κ1) is 17.2. The van der Waals surface area contributed by atoms with Crippen LogP contribution in [0.3, 0.4) is 0 Å². The van der Waals surface area contributed by atoms with Crippen molar-refractivity contribution in [3.8, 4) is 6.07 Å². The zero-order valence-corrected chi connectivity index (χ0v) is 12.7. The molecule has 6 nitrogen and oxygen atoms in total. The third-order valence-corrected chi connectivity index (χ3v) is 2.89. The summed E-state index contributed by atoms with van der Waals surface area (Å²) < 4.78 is 4.68. The van der Waals surface area contributed by atoms with Crippen molar-refractivity contribution in [3.63, 3.8) is 0 Å². The minimum atomic E-state index is -0.498. The number of anilines is 1. The summed E-state index contributed by atoms with van der Waals surface area (Å²) in [5.74, 6) is -0.943. The first-order valence-electron chi connectivity index (χ1n) is 6.96. The Hall–Kier alpha value is -2.81. The van der Waals surface area contributed by atoms with Crippen molar-refractivity contribution in [3.05, 3.63) is 41.6 Å². The molecule has 1 aromatic carbocycles. The van der Waals surface area contributed by atoms with E-state index in [0.29, 0.717) is 17.8 Å². The number of hydrogen-bond acceptors (Lipinski definition) is 5. The quantitative estimate of drug-likeness (QED) is 0.349. The largest absolute Gasteiger partial charge is 0.465 e. The average molecular weight is 301 g/mol. The molecule has 116 valence electrons. The van der Waals surface area contributed by atoms with Crippen molar-refractivity contribution in [2.75, 3.05) is 19.0 Å². The smallest absolute Gasteiger partial charge is 0.339 e. The third-order valence-electron chi connectivity index (χ3n) is 2.89. The van der Waals surface area contributed by atoms with Gasteiger partial charge in [0, 0.05) is 12.7 Å². The van der Waals surface area contributed by atoms with E-state index in [0.717, 1.165) is 12.8 Å². The molecule has 2 N–H and O–H groups in total. The molecule has 1 aromatic rings. The number of ether oxygens (including phenoxy) is 1. The molecule has 0 fully saturated rings. The summed E-state index contributed by atoms with van der Waals surface area (Å²) in [4.78, 5) is 23.4. The van der Waals surface area contributed by atoms with E-state index in [-0.39, 0.29) is 5.57 Å². The van der Waals surface area contributed by atoms with E-state index in [1.807, 2.05) is 13.0 Å². The van der Waals surface area contributed by atoms with Gasteiger partial charge in [-0.2, -0.15) is 5.26 Å². The van der Waals surface area contributed by atoms with E-state index in [2.05, 4.69) is 15.4 Å². The Labute approximate surface area is 129 Å². The van der Waals surface area contributed by atoms with Crippen LogP contribution in [0.15, 0.2) is 36.0 Å². The van der Waals surface area contributed by atoms with Crippen LogP contribution in [0.25, 0.3) is 0 Å². The highest BCUT2D eigenvalue weighted by atomic mass is 16.5. The number of unbranched alkanes of at least 4 members (excludes halogenated alkanes) is 1. The topological polar surface area (TPSA) is 91.2 Å². The second-order valence-corrected chi connectivity index (χ2v) is 4.46. The van der Waals surface area contributed by atoms with Crippen molar-refractivity contribution in [2.24, 2.45) is 0 Å². The molecule has 0 heterocycles. The van der Waals surface area contributed by atoms with E-state index in [4.69, 9.17) is 5.26 Å². The van der Waals surface area contributed by atoms with Gasteiger partial charge in [-0.3, -0.25) is 4.79 Å². The van der Waals surface area contributed by atoms with Crippen LogP contribution in [0.2, 0.25) is 0 Å². The lowest BCUT2D eigenvalue weighted by molar-refractivity contribution is -0.117. The molecular weight excluding hydrogens is 282 g/mol. The van der Waals surface area contributed by atoms with E-state index >= 15 is 0 Å². The molecule has 0 unspecified atom stereocenters. The Morgan fingerprint density at radius 1 is 1.36 bits per heavy atom. The number of para-hydroxylation sites is 1. The van der Waals surface area contributed by atoms with Crippen molar-refractivity contribution in [1.29, 1.82) is 5.26 Å². The van der Waals surface area contributed by atoms with Crippen LogP contribution in [0, 0.1) is 11.3 Å². The highest BCUT2D eigenvalue weighted by Crippen LogP contribution is 2.16. The highest BCUT2D eigenvalue weighted by Gasteiger charge is 2.12. The van der Waals surface area contributed by atoms with E-state index in [1.54, 1.807) is 24.3 Å². The Morgan fingerprint density at radius 3 is 2.73 bits per heavy atom. The second-order valence-electron chi connectivity index (χ2n) is 4.46. The molecular formula is C16H19N3O3. The van der Waals surface area contributed by atoms with Gasteiger partial charge < -0.3 is 15.4 Å². The van der Waals surface area contributed by atoms with Crippen LogP contribution >= 0.6 is 0 Å². The van der Waals surface area contributed by atoms with Crippen LogP contribution < -0.4 is 10.6 Å². The summed E-state index contributed by atoms with van der Waals surface area (Å²) in [6, 6.07) is 8.51. The predicted octanol–water partition coefficient (Wildman–Crippen LogP) is 2.21. The number of nitrogens with zero attached hydrogens (tertiary/aromatic N) is 1. The summed E-state index contributed by atoms with van der Waals surface area (Å²) in [6.45, 7) is 2.53. The Morgan fingerprint density at radius 2 is 2.09 bits per heavy atom. The summed E-state index contributed by atoms with van der Waals surface area (Å²) in [5.41, 5.74) is 0.726. The van der Waals surface area contributed by atoms with E-state index < -0.39 is 11.9 Å². The Bertz CT molecular complexity index is 603. The molecule has 0 radical (unpaired) electrons. The van der Waals surface area contributed by atoms with Crippen LogP contribution in [0.5, 0.6) is 0 Å². The van der Waals surface area contributed by atoms with Gasteiger partial charge in [-0.15, -0.1) is 0 Å². The molecule has 0 saturated carbocycles. The monoisotopic (exact) mass is 301 g/mol. The number of nitriles is 1. The molecule has 0 aliphatic carbocycles. The number of benzene rings is 1. The zero-order valence-electron chi connectivity index (χ0n) is 12.7.